The molecule has 0 atom stereocenters. The van der Waals surface area contributed by atoms with E-state index in [0.29, 0.717) is 21.6 Å². The second-order valence-electron chi connectivity index (χ2n) is 4.42. The molecule has 0 radical (unpaired) electrons. The van der Waals surface area contributed by atoms with Crippen LogP contribution in [0.4, 0.5) is 0 Å². The summed E-state index contributed by atoms with van der Waals surface area (Å²) in [6, 6.07) is 14.6. The highest BCUT2D eigenvalue weighted by atomic mass is 35.5. The van der Waals surface area contributed by atoms with E-state index in [1.165, 1.54) is 6.20 Å². The highest BCUT2D eigenvalue weighted by Gasteiger charge is 2.15. The molecule has 1 aromatic heterocycles. The summed E-state index contributed by atoms with van der Waals surface area (Å²) in [6.07, 6.45) is 2.29. The van der Waals surface area contributed by atoms with Gasteiger partial charge in [-0.05, 0) is 36.4 Å². The van der Waals surface area contributed by atoms with Crippen molar-refractivity contribution in [3.63, 3.8) is 0 Å². The third kappa shape index (κ3) is 2.58. The molecule has 0 fully saturated rings. The van der Waals surface area contributed by atoms with E-state index in [1.54, 1.807) is 22.8 Å². The molecule has 3 aromatic rings. The lowest BCUT2D eigenvalue weighted by Crippen LogP contribution is -2.01. The Kier molecular flexibility index (Phi) is 3.78. The molecule has 104 valence electrons. The summed E-state index contributed by atoms with van der Waals surface area (Å²) in [6.45, 7) is 0. The first-order valence-corrected chi connectivity index (χ1v) is 7.00. The number of hydrogen-bond acceptors (Lipinski definition) is 2. The molecule has 0 amide bonds. The lowest BCUT2D eigenvalue weighted by atomic mass is 10.2. The predicted molar refractivity (Wildman–Crippen MR) is 84.4 cm³/mol. The van der Waals surface area contributed by atoms with Crippen molar-refractivity contribution < 1.29 is 4.79 Å². The third-order valence-electron chi connectivity index (χ3n) is 3.11. The van der Waals surface area contributed by atoms with Crippen LogP contribution in [0.15, 0.2) is 54.7 Å². The van der Waals surface area contributed by atoms with Crippen LogP contribution in [0.1, 0.15) is 10.5 Å². The zero-order valence-electron chi connectivity index (χ0n) is 10.8. The fourth-order valence-corrected chi connectivity index (χ4v) is 2.49. The van der Waals surface area contributed by atoms with E-state index in [0.717, 1.165) is 17.5 Å². The normalized spacial score (nSPS) is 10.6. The molecule has 21 heavy (non-hydrogen) atoms. The molecule has 0 unspecified atom stereocenters. The van der Waals surface area contributed by atoms with E-state index < -0.39 is 0 Å². The van der Waals surface area contributed by atoms with Crippen LogP contribution < -0.4 is 0 Å². The number of halogens is 2. The van der Waals surface area contributed by atoms with Gasteiger partial charge in [0.1, 0.15) is 11.5 Å². The molecule has 0 saturated heterocycles. The first-order chi connectivity index (χ1) is 10.2. The molecule has 0 aliphatic heterocycles. The number of imidazole rings is 1. The van der Waals surface area contributed by atoms with Crippen molar-refractivity contribution >= 4 is 29.5 Å². The molecule has 0 spiro atoms. The van der Waals surface area contributed by atoms with Crippen LogP contribution in [0.3, 0.4) is 0 Å². The Bertz CT molecular complexity index is 794. The first kappa shape index (κ1) is 13.9. The number of carbonyl (C=O) groups is 1. The Morgan fingerprint density at radius 3 is 2.38 bits per heavy atom. The van der Waals surface area contributed by atoms with Crippen LogP contribution in [0.2, 0.25) is 10.0 Å². The largest absolute Gasteiger partial charge is 0.296 e. The molecule has 3 rings (SSSR count). The molecule has 3 nitrogen and oxygen atoms in total. The summed E-state index contributed by atoms with van der Waals surface area (Å²) in [5.74, 6) is 0.616. The van der Waals surface area contributed by atoms with E-state index in [1.807, 2.05) is 30.3 Å². The summed E-state index contributed by atoms with van der Waals surface area (Å²) >= 11 is 12.1. The first-order valence-electron chi connectivity index (χ1n) is 6.24. The Hall–Kier alpha value is -2.10. The lowest BCUT2D eigenvalue weighted by molar-refractivity contribution is 0.111. The molecule has 0 aliphatic carbocycles. The van der Waals surface area contributed by atoms with E-state index in [9.17, 15) is 4.79 Å². The number of nitrogens with zero attached hydrogens (tertiary/aromatic N) is 2. The second-order valence-corrected chi connectivity index (χ2v) is 5.26. The lowest BCUT2D eigenvalue weighted by Gasteiger charge is -2.11. The van der Waals surface area contributed by atoms with Gasteiger partial charge >= 0.3 is 0 Å². The molecule has 0 aliphatic rings. The van der Waals surface area contributed by atoms with Crippen LogP contribution in [0.25, 0.3) is 17.1 Å². The van der Waals surface area contributed by atoms with Gasteiger partial charge in [0.05, 0.1) is 11.2 Å². The molecule has 5 heteroatoms. The number of aldehydes is 1. The zero-order valence-corrected chi connectivity index (χ0v) is 12.3. The van der Waals surface area contributed by atoms with Gasteiger partial charge in [0.15, 0.2) is 6.29 Å². The number of benzene rings is 2. The van der Waals surface area contributed by atoms with Gasteiger partial charge in [-0.3, -0.25) is 9.36 Å². The molecule has 0 N–H and O–H groups in total. The summed E-state index contributed by atoms with van der Waals surface area (Å²) in [5.41, 5.74) is 2.02. The van der Waals surface area contributed by atoms with Gasteiger partial charge in [-0.1, -0.05) is 35.3 Å². The minimum absolute atomic E-state index is 0.451. The minimum Gasteiger partial charge on any atom is -0.296 e. The van der Waals surface area contributed by atoms with Crippen molar-refractivity contribution in [1.29, 1.82) is 0 Å². The smallest absolute Gasteiger partial charge is 0.168 e. The van der Waals surface area contributed by atoms with Crippen molar-refractivity contribution in [3.8, 4) is 17.1 Å². The standard InChI is InChI=1S/C16H10Cl2N2O/c17-11-5-7-12(8-6-11)20-13(10-21)9-19-16(20)14-3-1-2-4-15(14)18/h1-10H. The maximum Gasteiger partial charge on any atom is 0.168 e. The Labute approximate surface area is 131 Å². The molecular formula is C16H10Cl2N2O. The summed E-state index contributed by atoms with van der Waals surface area (Å²) < 4.78 is 1.75. The highest BCUT2D eigenvalue weighted by Crippen LogP contribution is 2.29. The maximum absolute atomic E-state index is 11.3. The molecular weight excluding hydrogens is 307 g/mol. The van der Waals surface area contributed by atoms with Crippen molar-refractivity contribution in [2.45, 2.75) is 0 Å². The summed E-state index contributed by atoms with van der Waals surface area (Å²) in [5, 5.41) is 1.21. The fourth-order valence-electron chi connectivity index (χ4n) is 2.14. The van der Waals surface area contributed by atoms with Gasteiger partial charge in [-0.2, -0.15) is 0 Å². The zero-order chi connectivity index (χ0) is 14.8. The van der Waals surface area contributed by atoms with Crippen LogP contribution >= 0.6 is 23.2 Å². The van der Waals surface area contributed by atoms with Crippen LogP contribution in [-0.2, 0) is 0 Å². The molecule has 1 heterocycles. The SMILES string of the molecule is O=Cc1cnc(-c2ccccc2Cl)n1-c1ccc(Cl)cc1. The molecule has 2 aromatic carbocycles. The van der Waals surface area contributed by atoms with Crippen LogP contribution in [-0.4, -0.2) is 15.8 Å². The highest BCUT2D eigenvalue weighted by molar-refractivity contribution is 6.33. The van der Waals surface area contributed by atoms with Crippen LogP contribution in [0, 0.1) is 0 Å². The average Bonchev–Trinajstić information content (AvgIpc) is 2.92. The topological polar surface area (TPSA) is 34.9 Å². The van der Waals surface area contributed by atoms with Crippen molar-refractivity contribution in [1.82, 2.24) is 9.55 Å². The van der Waals surface area contributed by atoms with Crippen molar-refractivity contribution in [3.05, 3.63) is 70.5 Å². The van der Waals surface area contributed by atoms with Crippen molar-refractivity contribution in [2.75, 3.05) is 0 Å². The quantitative estimate of drug-likeness (QED) is 0.659. The van der Waals surface area contributed by atoms with Crippen LogP contribution in [0.5, 0.6) is 0 Å². The Morgan fingerprint density at radius 2 is 1.71 bits per heavy atom. The van der Waals surface area contributed by atoms with Gasteiger partial charge in [-0.15, -0.1) is 0 Å². The average molecular weight is 317 g/mol. The maximum atomic E-state index is 11.3. The van der Waals surface area contributed by atoms with Crippen molar-refractivity contribution in [2.24, 2.45) is 0 Å². The van der Waals surface area contributed by atoms with E-state index in [-0.39, 0.29) is 0 Å². The fraction of sp³-hybridized carbons (Fsp3) is 0. The van der Waals surface area contributed by atoms with Gasteiger partial charge in [0.25, 0.3) is 0 Å². The van der Waals surface area contributed by atoms with Gasteiger partial charge in [0, 0.05) is 16.3 Å². The van der Waals surface area contributed by atoms with Gasteiger partial charge in [0.2, 0.25) is 0 Å². The number of rotatable bonds is 3. The number of aromatic nitrogens is 2. The minimum atomic E-state index is 0.451. The predicted octanol–water partition coefficient (Wildman–Crippen LogP) is 4.66. The Morgan fingerprint density at radius 1 is 1.00 bits per heavy atom. The van der Waals surface area contributed by atoms with E-state index in [4.69, 9.17) is 23.2 Å². The van der Waals surface area contributed by atoms with E-state index >= 15 is 0 Å². The number of hydrogen-bond donors (Lipinski definition) is 0. The monoisotopic (exact) mass is 316 g/mol. The molecule has 0 saturated carbocycles. The third-order valence-corrected chi connectivity index (χ3v) is 3.69. The summed E-state index contributed by atoms with van der Waals surface area (Å²) in [7, 11) is 0. The van der Waals surface area contributed by atoms with E-state index in [2.05, 4.69) is 4.98 Å². The van der Waals surface area contributed by atoms with Gasteiger partial charge in [-0.25, -0.2) is 4.98 Å². The van der Waals surface area contributed by atoms with Gasteiger partial charge < -0.3 is 0 Å². The number of carbonyl (C=O) groups excluding carboxylic acids is 1. The second kappa shape index (κ2) is 5.72. The molecule has 0 bridgehead atoms. The summed E-state index contributed by atoms with van der Waals surface area (Å²) in [4.78, 5) is 15.6. The Balaban J connectivity index is 2.24.